The van der Waals surface area contributed by atoms with Gasteiger partial charge in [-0.1, -0.05) is 18.5 Å². The highest BCUT2D eigenvalue weighted by Gasteiger charge is 2.43. The Balaban J connectivity index is 2.22. The maximum atomic E-state index is 10.7. The van der Waals surface area contributed by atoms with Gasteiger partial charge in [-0.25, -0.2) is 0 Å². The third kappa shape index (κ3) is 2.74. The molecule has 1 unspecified atom stereocenters. The summed E-state index contributed by atoms with van der Waals surface area (Å²) in [4.78, 5) is 0.847. The average Bonchev–Trinajstić information content (AvgIpc) is 2.78. The minimum absolute atomic E-state index is 0.435. The van der Waals surface area contributed by atoms with E-state index in [4.69, 9.17) is 16.3 Å². The molecule has 1 saturated carbocycles. The van der Waals surface area contributed by atoms with E-state index in [1.54, 1.807) is 0 Å². The summed E-state index contributed by atoms with van der Waals surface area (Å²) >= 11 is 7.65. The molecule has 1 aromatic rings. The molecule has 1 aliphatic rings. The zero-order valence-electron chi connectivity index (χ0n) is 11.0. The number of halogens is 1. The van der Waals surface area contributed by atoms with Crippen molar-refractivity contribution < 1.29 is 9.84 Å². The number of hydrogen-bond acceptors (Lipinski definition) is 3. The van der Waals surface area contributed by atoms with Crippen LogP contribution in [0.15, 0.2) is 11.4 Å². The first-order chi connectivity index (χ1) is 8.59. The van der Waals surface area contributed by atoms with Gasteiger partial charge >= 0.3 is 0 Å². The molecule has 1 atom stereocenters. The van der Waals surface area contributed by atoms with E-state index in [0.29, 0.717) is 11.6 Å². The highest BCUT2D eigenvalue weighted by Crippen LogP contribution is 2.46. The van der Waals surface area contributed by atoms with Crippen LogP contribution in [0.25, 0.3) is 0 Å². The second-order valence-corrected chi connectivity index (χ2v) is 6.57. The van der Waals surface area contributed by atoms with Crippen LogP contribution in [-0.4, -0.2) is 17.3 Å². The number of aliphatic hydroxyl groups is 1. The van der Waals surface area contributed by atoms with E-state index in [1.807, 2.05) is 18.4 Å². The highest BCUT2D eigenvalue weighted by atomic mass is 35.5. The quantitative estimate of drug-likeness (QED) is 0.889. The van der Waals surface area contributed by atoms with Crippen molar-refractivity contribution in [2.24, 2.45) is 5.92 Å². The first-order valence-electron chi connectivity index (χ1n) is 6.64. The number of hydrogen-bond donors (Lipinski definition) is 1. The van der Waals surface area contributed by atoms with Crippen molar-refractivity contribution in [3.8, 4) is 0 Å². The van der Waals surface area contributed by atoms with Gasteiger partial charge in [0, 0.05) is 6.61 Å². The van der Waals surface area contributed by atoms with Crippen molar-refractivity contribution in [1.82, 2.24) is 0 Å². The van der Waals surface area contributed by atoms with Crippen molar-refractivity contribution in [2.75, 3.05) is 6.61 Å². The number of rotatable bonds is 4. The van der Waals surface area contributed by atoms with Crippen LogP contribution in [0.4, 0.5) is 0 Å². The number of ether oxygens (including phenoxy) is 1. The molecule has 1 aromatic heterocycles. The summed E-state index contributed by atoms with van der Waals surface area (Å²) in [6.07, 6.45) is 3.45. The van der Waals surface area contributed by atoms with Gasteiger partial charge in [0.1, 0.15) is 6.10 Å². The molecule has 2 rings (SSSR count). The van der Waals surface area contributed by atoms with E-state index in [1.165, 1.54) is 11.3 Å². The van der Waals surface area contributed by atoms with E-state index in [0.717, 1.165) is 36.5 Å². The molecular formula is C14H21ClO2S. The second kappa shape index (κ2) is 5.91. The zero-order chi connectivity index (χ0) is 13.2. The van der Waals surface area contributed by atoms with Crippen molar-refractivity contribution in [1.29, 1.82) is 0 Å². The summed E-state index contributed by atoms with van der Waals surface area (Å²) in [6.45, 7) is 4.89. The molecule has 0 saturated heterocycles. The first-order valence-corrected chi connectivity index (χ1v) is 7.89. The van der Waals surface area contributed by atoms with Crippen molar-refractivity contribution in [2.45, 2.75) is 51.2 Å². The minimum atomic E-state index is -0.600. The third-order valence-electron chi connectivity index (χ3n) is 3.94. The smallest absolute Gasteiger partial charge is 0.118 e. The minimum Gasteiger partial charge on any atom is -0.384 e. The van der Waals surface area contributed by atoms with Crippen molar-refractivity contribution in [3.63, 3.8) is 0 Å². The Morgan fingerprint density at radius 1 is 1.56 bits per heavy atom. The molecule has 102 valence electrons. The van der Waals surface area contributed by atoms with Crippen molar-refractivity contribution >= 4 is 22.9 Å². The summed E-state index contributed by atoms with van der Waals surface area (Å²) in [5, 5.41) is 13.3. The maximum absolute atomic E-state index is 10.7. The maximum Gasteiger partial charge on any atom is 0.118 e. The van der Waals surface area contributed by atoms with Crippen LogP contribution in [0.5, 0.6) is 0 Å². The molecule has 0 radical (unpaired) electrons. The Bertz CT molecular complexity index is 383. The van der Waals surface area contributed by atoms with Gasteiger partial charge in [-0.2, -0.15) is 0 Å². The Labute approximate surface area is 118 Å². The fourth-order valence-electron chi connectivity index (χ4n) is 2.77. The van der Waals surface area contributed by atoms with Gasteiger partial charge in [-0.05, 0) is 50.0 Å². The molecule has 0 bridgehead atoms. The molecule has 4 heteroatoms. The molecule has 0 spiro atoms. The van der Waals surface area contributed by atoms with Gasteiger partial charge in [0.2, 0.25) is 0 Å². The normalized spacial score (nSPS) is 30.3. The van der Waals surface area contributed by atoms with E-state index in [2.05, 4.69) is 6.92 Å². The fourth-order valence-corrected chi connectivity index (χ4v) is 4.02. The summed E-state index contributed by atoms with van der Waals surface area (Å²) in [7, 11) is 0. The molecule has 1 fully saturated rings. The van der Waals surface area contributed by atoms with Crippen LogP contribution in [-0.2, 0) is 4.74 Å². The Morgan fingerprint density at radius 3 is 2.72 bits per heavy atom. The van der Waals surface area contributed by atoms with Gasteiger partial charge in [-0.15, -0.1) is 11.3 Å². The predicted octanol–water partition coefficient (Wildman–Crippen LogP) is 4.42. The lowest BCUT2D eigenvalue weighted by Gasteiger charge is -2.42. The van der Waals surface area contributed by atoms with Crippen molar-refractivity contribution in [3.05, 3.63) is 21.3 Å². The summed E-state index contributed by atoms with van der Waals surface area (Å²) in [5.74, 6) is 0.726. The lowest BCUT2D eigenvalue weighted by molar-refractivity contribution is -0.145. The van der Waals surface area contributed by atoms with Crippen LogP contribution in [0.2, 0.25) is 5.02 Å². The molecule has 0 aliphatic heterocycles. The molecule has 1 N–H and O–H groups in total. The molecule has 18 heavy (non-hydrogen) atoms. The monoisotopic (exact) mass is 288 g/mol. The van der Waals surface area contributed by atoms with Gasteiger partial charge in [0.15, 0.2) is 0 Å². The standard InChI is InChI=1S/C14H21ClO2S/c1-3-17-14(7-4-10(2)5-8-14)13(16)12-11(15)6-9-18-12/h6,9-10,13,16H,3-5,7-8H2,1-2H3. The van der Waals surface area contributed by atoms with Gasteiger partial charge in [0.25, 0.3) is 0 Å². The first kappa shape index (κ1) is 14.3. The Hall–Kier alpha value is -0.0900. The van der Waals surface area contributed by atoms with Crippen LogP contribution < -0.4 is 0 Å². The van der Waals surface area contributed by atoms with Gasteiger partial charge in [-0.3, -0.25) is 0 Å². The Kier molecular flexibility index (Phi) is 4.70. The molecule has 1 heterocycles. The summed E-state index contributed by atoms with van der Waals surface area (Å²) in [5.41, 5.74) is -0.435. The Morgan fingerprint density at radius 2 is 2.22 bits per heavy atom. The summed E-state index contributed by atoms with van der Waals surface area (Å²) in [6, 6.07) is 1.84. The van der Waals surface area contributed by atoms with Crippen LogP contribution >= 0.6 is 22.9 Å². The van der Waals surface area contributed by atoms with Crippen LogP contribution in [0.3, 0.4) is 0 Å². The van der Waals surface area contributed by atoms with E-state index >= 15 is 0 Å². The lowest BCUT2D eigenvalue weighted by Crippen LogP contribution is -2.42. The molecule has 0 aromatic carbocycles. The summed E-state index contributed by atoms with van der Waals surface area (Å²) < 4.78 is 5.96. The van der Waals surface area contributed by atoms with Crippen LogP contribution in [0.1, 0.15) is 50.5 Å². The third-order valence-corrected chi connectivity index (χ3v) is 5.35. The molecule has 2 nitrogen and oxygen atoms in total. The second-order valence-electron chi connectivity index (χ2n) is 5.22. The van der Waals surface area contributed by atoms with Gasteiger partial charge in [0.05, 0.1) is 15.5 Å². The average molecular weight is 289 g/mol. The molecule has 1 aliphatic carbocycles. The predicted molar refractivity (Wildman–Crippen MR) is 76.3 cm³/mol. The topological polar surface area (TPSA) is 29.5 Å². The molecule has 0 amide bonds. The van der Waals surface area contributed by atoms with E-state index in [-0.39, 0.29) is 0 Å². The lowest BCUT2D eigenvalue weighted by atomic mass is 9.76. The van der Waals surface area contributed by atoms with Gasteiger partial charge < -0.3 is 9.84 Å². The fraction of sp³-hybridized carbons (Fsp3) is 0.714. The number of aliphatic hydroxyl groups excluding tert-OH is 1. The SMILES string of the molecule is CCOC1(C(O)c2sccc2Cl)CCC(C)CC1. The van der Waals surface area contributed by atoms with E-state index < -0.39 is 11.7 Å². The van der Waals surface area contributed by atoms with Crippen LogP contribution in [0, 0.1) is 5.92 Å². The zero-order valence-corrected chi connectivity index (χ0v) is 12.6. The number of thiophene rings is 1. The highest BCUT2D eigenvalue weighted by molar-refractivity contribution is 7.10. The van der Waals surface area contributed by atoms with E-state index in [9.17, 15) is 5.11 Å². The largest absolute Gasteiger partial charge is 0.384 e. The molecular weight excluding hydrogens is 268 g/mol.